The summed E-state index contributed by atoms with van der Waals surface area (Å²) in [4.78, 5) is 20.4. The van der Waals surface area contributed by atoms with Gasteiger partial charge in [0.05, 0.1) is 24.6 Å². The van der Waals surface area contributed by atoms with E-state index in [1.165, 1.54) is 12.4 Å². The Kier molecular flexibility index (Phi) is 4.78. The summed E-state index contributed by atoms with van der Waals surface area (Å²) in [6.45, 7) is 2.14. The molecule has 0 atom stereocenters. The summed E-state index contributed by atoms with van der Waals surface area (Å²) >= 11 is 12.4. The number of nitrogens with zero attached hydrogens (tertiary/aromatic N) is 4. The van der Waals surface area contributed by atoms with Crippen molar-refractivity contribution in [1.82, 2.24) is 19.7 Å². The lowest BCUT2D eigenvalue weighted by Gasteiger charge is -2.11. The predicted octanol–water partition coefficient (Wildman–Crippen LogP) is 3.59. The second kappa shape index (κ2) is 6.98. The van der Waals surface area contributed by atoms with E-state index < -0.39 is 0 Å². The van der Waals surface area contributed by atoms with Gasteiger partial charge in [-0.2, -0.15) is 5.10 Å². The smallest absolute Gasteiger partial charge is 0.277 e. The molecule has 6 nitrogen and oxygen atoms in total. The fourth-order valence-corrected chi connectivity index (χ4v) is 2.61. The van der Waals surface area contributed by atoms with Crippen molar-refractivity contribution in [3.63, 3.8) is 0 Å². The highest BCUT2D eigenvalue weighted by Gasteiger charge is 2.13. The van der Waals surface area contributed by atoms with Gasteiger partial charge in [0.1, 0.15) is 11.5 Å². The lowest BCUT2D eigenvalue weighted by Crippen LogP contribution is -2.17. The summed E-state index contributed by atoms with van der Waals surface area (Å²) in [5, 5.41) is 8.04. The van der Waals surface area contributed by atoms with Crippen molar-refractivity contribution >= 4 is 34.9 Å². The molecule has 0 unspecified atom stereocenters. The zero-order chi connectivity index (χ0) is 17.1. The normalized spacial score (nSPS) is 10.6. The zero-order valence-corrected chi connectivity index (χ0v) is 14.2. The highest BCUT2D eigenvalue weighted by atomic mass is 35.5. The molecule has 0 aliphatic rings. The maximum absolute atomic E-state index is 12.3. The molecular weight excluding hydrogens is 349 g/mol. The van der Waals surface area contributed by atoms with Gasteiger partial charge in [0, 0.05) is 27.9 Å². The molecule has 0 aliphatic carbocycles. The number of carbonyl (C=O) groups excluding carboxylic acids is 1. The molecule has 0 saturated carbocycles. The van der Waals surface area contributed by atoms with E-state index in [4.69, 9.17) is 23.2 Å². The summed E-state index contributed by atoms with van der Waals surface area (Å²) in [5.74, 6) is 0.146. The highest BCUT2D eigenvalue weighted by Crippen LogP contribution is 2.26. The van der Waals surface area contributed by atoms with Gasteiger partial charge in [-0.05, 0) is 19.1 Å². The van der Waals surface area contributed by atoms with E-state index in [-0.39, 0.29) is 11.6 Å². The van der Waals surface area contributed by atoms with Crippen LogP contribution < -0.4 is 5.32 Å². The third-order valence-corrected chi connectivity index (χ3v) is 4.05. The molecule has 2 aromatic heterocycles. The van der Waals surface area contributed by atoms with Crippen LogP contribution in [0.2, 0.25) is 10.0 Å². The summed E-state index contributed by atoms with van der Waals surface area (Å²) in [6.07, 6.45) is 4.55. The molecule has 3 aromatic rings. The van der Waals surface area contributed by atoms with Gasteiger partial charge in [0.15, 0.2) is 0 Å². The van der Waals surface area contributed by atoms with Crippen LogP contribution >= 0.6 is 23.2 Å². The van der Waals surface area contributed by atoms with Gasteiger partial charge in [0.25, 0.3) is 5.91 Å². The van der Waals surface area contributed by atoms with Crippen LogP contribution in [0.5, 0.6) is 0 Å². The fraction of sp³-hybridized carbons (Fsp3) is 0.125. The Balaban J connectivity index is 1.80. The number of benzene rings is 1. The second-order valence-corrected chi connectivity index (χ2v) is 5.89. The zero-order valence-electron chi connectivity index (χ0n) is 12.7. The van der Waals surface area contributed by atoms with Crippen LogP contribution in [-0.2, 0) is 6.54 Å². The van der Waals surface area contributed by atoms with Crippen molar-refractivity contribution in [2.75, 3.05) is 5.32 Å². The van der Waals surface area contributed by atoms with Crippen LogP contribution in [0.3, 0.4) is 0 Å². The third kappa shape index (κ3) is 3.55. The Morgan fingerprint density at radius 1 is 1.17 bits per heavy atom. The number of rotatable bonds is 4. The average Bonchev–Trinajstić information content (AvgIpc) is 2.98. The summed E-state index contributed by atoms with van der Waals surface area (Å²) in [5.41, 5.74) is 1.70. The average molecular weight is 362 g/mol. The topological polar surface area (TPSA) is 72.7 Å². The van der Waals surface area contributed by atoms with E-state index in [1.807, 2.05) is 0 Å². The van der Waals surface area contributed by atoms with Crippen LogP contribution in [0, 0.1) is 6.92 Å². The van der Waals surface area contributed by atoms with Crippen molar-refractivity contribution < 1.29 is 4.79 Å². The van der Waals surface area contributed by atoms with Crippen molar-refractivity contribution in [2.24, 2.45) is 0 Å². The molecule has 2 heterocycles. The van der Waals surface area contributed by atoms with Crippen molar-refractivity contribution in [3.05, 3.63) is 69.9 Å². The summed E-state index contributed by atoms with van der Waals surface area (Å²) in [7, 11) is 0. The molecule has 0 fully saturated rings. The first-order chi connectivity index (χ1) is 11.5. The molecule has 3 rings (SSSR count). The minimum Gasteiger partial charge on any atom is -0.305 e. The molecule has 0 spiro atoms. The number of halogens is 2. The van der Waals surface area contributed by atoms with E-state index in [9.17, 15) is 4.79 Å². The Labute approximate surface area is 148 Å². The number of hydrogen-bond donors (Lipinski definition) is 1. The minimum absolute atomic E-state index is 0.226. The molecular formula is C16H13Cl2N5O. The van der Waals surface area contributed by atoms with Crippen LogP contribution in [0.4, 0.5) is 5.82 Å². The van der Waals surface area contributed by atoms with Gasteiger partial charge in [-0.3, -0.25) is 9.78 Å². The molecule has 0 bridgehead atoms. The van der Waals surface area contributed by atoms with Crippen LogP contribution in [-0.4, -0.2) is 25.7 Å². The standard InChI is InChI=1S/C16H13Cl2N5O/c1-10-7-20-14(8-19-10)16(24)22-15-5-6-21-23(15)9-11-12(17)3-2-4-13(11)18/h2-8H,9H2,1H3,(H,22,24). The Morgan fingerprint density at radius 3 is 2.58 bits per heavy atom. The first-order valence-corrected chi connectivity index (χ1v) is 7.85. The van der Waals surface area contributed by atoms with Gasteiger partial charge in [0.2, 0.25) is 0 Å². The Bertz CT molecular complexity index is 856. The summed E-state index contributed by atoms with van der Waals surface area (Å²) < 4.78 is 1.60. The molecule has 8 heteroatoms. The van der Waals surface area contributed by atoms with Crippen LogP contribution in [0.1, 0.15) is 21.7 Å². The van der Waals surface area contributed by atoms with E-state index >= 15 is 0 Å². The number of hydrogen-bond acceptors (Lipinski definition) is 4. The molecule has 0 saturated heterocycles. The first kappa shape index (κ1) is 16.4. The number of anilines is 1. The van der Waals surface area contributed by atoms with Gasteiger partial charge >= 0.3 is 0 Å². The lowest BCUT2D eigenvalue weighted by molar-refractivity contribution is 0.102. The van der Waals surface area contributed by atoms with Gasteiger partial charge in [-0.25, -0.2) is 9.67 Å². The first-order valence-electron chi connectivity index (χ1n) is 7.09. The number of aromatic nitrogens is 4. The third-order valence-electron chi connectivity index (χ3n) is 3.34. The van der Waals surface area contributed by atoms with E-state index in [0.29, 0.717) is 22.4 Å². The van der Waals surface area contributed by atoms with Crippen molar-refractivity contribution in [2.45, 2.75) is 13.5 Å². The number of carbonyl (C=O) groups is 1. The molecule has 0 aliphatic heterocycles. The quantitative estimate of drug-likeness (QED) is 0.770. The molecule has 122 valence electrons. The molecule has 0 radical (unpaired) electrons. The molecule has 1 N–H and O–H groups in total. The SMILES string of the molecule is Cc1cnc(C(=O)Nc2ccnn2Cc2c(Cl)cccc2Cl)cn1. The Hall–Kier alpha value is -2.44. The highest BCUT2D eigenvalue weighted by molar-refractivity contribution is 6.36. The van der Waals surface area contributed by atoms with E-state index in [0.717, 1.165) is 11.3 Å². The number of nitrogens with one attached hydrogen (secondary N) is 1. The summed E-state index contributed by atoms with van der Waals surface area (Å²) in [6, 6.07) is 6.97. The maximum atomic E-state index is 12.3. The monoisotopic (exact) mass is 361 g/mol. The van der Waals surface area contributed by atoms with E-state index in [2.05, 4.69) is 20.4 Å². The largest absolute Gasteiger partial charge is 0.305 e. The van der Waals surface area contributed by atoms with E-state index in [1.54, 1.807) is 42.1 Å². The number of aryl methyl sites for hydroxylation is 1. The predicted molar refractivity (Wildman–Crippen MR) is 92.5 cm³/mol. The van der Waals surface area contributed by atoms with Crippen LogP contribution in [0.15, 0.2) is 42.9 Å². The Morgan fingerprint density at radius 2 is 1.92 bits per heavy atom. The molecule has 1 aromatic carbocycles. The van der Waals surface area contributed by atoms with Crippen LogP contribution in [0.25, 0.3) is 0 Å². The fourth-order valence-electron chi connectivity index (χ4n) is 2.09. The molecule has 24 heavy (non-hydrogen) atoms. The lowest BCUT2D eigenvalue weighted by atomic mass is 10.2. The molecule has 1 amide bonds. The maximum Gasteiger partial charge on any atom is 0.277 e. The van der Waals surface area contributed by atoms with Gasteiger partial charge in [-0.15, -0.1) is 0 Å². The van der Waals surface area contributed by atoms with Crippen molar-refractivity contribution in [3.8, 4) is 0 Å². The van der Waals surface area contributed by atoms with Crippen molar-refractivity contribution in [1.29, 1.82) is 0 Å². The van der Waals surface area contributed by atoms with Gasteiger partial charge in [-0.1, -0.05) is 29.3 Å². The van der Waals surface area contributed by atoms with Gasteiger partial charge < -0.3 is 5.32 Å². The number of amides is 1. The second-order valence-electron chi connectivity index (χ2n) is 5.07. The minimum atomic E-state index is -0.366.